The molecule has 0 bridgehead atoms. The minimum atomic E-state index is -0.333. The molecule has 0 fully saturated rings. The monoisotopic (exact) mass is 400 g/mol. The highest BCUT2D eigenvalue weighted by Gasteiger charge is 2.17. The van der Waals surface area contributed by atoms with Crippen molar-refractivity contribution >= 4 is 17.5 Å². The summed E-state index contributed by atoms with van der Waals surface area (Å²) in [4.78, 5) is 16.6. The minimum absolute atomic E-state index is 0.0830. The molecule has 0 radical (unpaired) electrons. The first-order valence-electron chi connectivity index (χ1n) is 8.61. The van der Waals surface area contributed by atoms with Crippen LogP contribution in [0.1, 0.15) is 34.9 Å². The van der Waals surface area contributed by atoms with E-state index in [1.807, 2.05) is 19.1 Å². The van der Waals surface area contributed by atoms with Gasteiger partial charge >= 0.3 is 0 Å². The van der Waals surface area contributed by atoms with Gasteiger partial charge in [-0.2, -0.15) is 0 Å². The van der Waals surface area contributed by atoms with Crippen molar-refractivity contribution in [3.05, 3.63) is 70.9 Å². The molecule has 1 aliphatic heterocycles. The quantitative estimate of drug-likeness (QED) is 0.670. The van der Waals surface area contributed by atoms with Crippen molar-refractivity contribution in [1.82, 2.24) is 10.3 Å². The van der Waals surface area contributed by atoms with Gasteiger partial charge in [0.1, 0.15) is 12.0 Å². The Kier molecular flexibility index (Phi) is 5.08. The van der Waals surface area contributed by atoms with Crippen molar-refractivity contribution in [1.29, 1.82) is 0 Å². The molecular formula is C20H17ClN2O5. The zero-order chi connectivity index (χ0) is 19.5. The average molecular weight is 401 g/mol. The van der Waals surface area contributed by atoms with E-state index in [0.717, 1.165) is 5.56 Å². The number of ether oxygens (including phenoxy) is 3. The summed E-state index contributed by atoms with van der Waals surface area (Å²) >= 11 is 5.89. The van der Waals surface area contributed by atoms with E-state index >= 15 is 0 Å². The van der Waals surface area contributed by atoms with E-state index < -0.39 is 0 Å². The maximum absolute atomic E-state index is 12.4. The molecule has 1 N–H and O–H groups in total. The lowest BCUT2D eigenvalue weighted by Crippen LogP contribution is -2.26. The van der Waals surface area contributed by atoms with Crippen molar-refractivity contribution in [3.8, 4) is 17.2 Å². The summed E-state index contributed by atoms with van der Waals surface area (Å²) in [5.74, 6) is 1.85. The fourth-order valence-corrected chi connectivity index (χ4v) is 2.82. The lowest BCUT2D eigenvalue weighted by Gasteiger charge is -2.13. The number of carbonyl (C=O) groups excluding carboxylic acids is 1. The molecule has 0 aliphatic carbocycles. The predicted octanol–water partition coefficient (Wildman–Crippen LogP) is 4.13. The normalized spacial score (nSPS) is 13.2. The van der Waals surface area contributed by atoms with Gasteiger partial charge in [-0.1, -0.05) is 23.7 Å². The van der Waals surface area contributed by atoms with Gasteiger partial charge in [-0.15, -0.1) is 0 Å². The molecule has 1 atom stereocenters. The maximum atomic E-state index is 12.4. The Morgan fingerprint density at radius 3 is 2.82 bits per heavy atom. The number of amides is 1. The molecule has 3 aromatic rings. The van der Waals surface area contributed by atoms with Gasteiger partial charge in [0.2, 0.25) is 12.7 Å². The molecule has 0 saturated heterocycles. The molecule has 8 heteroatoms. The number of fused-ring (bicyclic) bond motifs is 1. The highest BCUT2D eigenvalue weighted by Crippen LogP contribution is 2.35. The predicted molar refractivity (Wildman–Crippen MR) is 101 cm³/mol. The molecule has 0 unspecified atom stereocenters. The van der Waals surface area contributed by atoms with Crippen LogP contribution < -0.4 is 19.5 Å². The largest absolute Gasteiger partial charge is 0.484 e. The van der Waals surface area contributed by atoms with E-state index in [4.69, 9.17) is 30.2 Å². The zero-order valence-electron chi connectivity index (χ0n) is 15.0. The zero-order valence-corrected chi connectivity index (χ0v) is 15.7. The fraction of sp³-hybridized carbons (Fsp3) is 0.200. The van der Waals surface area contributed by atoms with Crippen LogP contribution in [0.25, 0.3) is 0 Å². The second kappa shape index (κ2) is 7.82. The van der Waals surface area contributed by atoms with Gasteiger partial charge in [-0.05, 0) is 36.8 Å². The van der Waals surface area contributed by atoms with Crippen molar-refractivity contribution in [2.45, 2.75) is 19.6 Å². The minimum Gasteiger partial charge on any atom is -0.484 e. The van der Waals surface area contributed by atoms with E-state index in [-0.39, 0.29) is 31.0 Å². The van der Waals surface area contributed by atoms with Crippen LogP contribution >= 0.6 is 11.6 Å². The Morgan fingerprint density at radius 2 is 2.00 bits per heavy atom. The number of nitrogens with one attached hydrogen (secondary N) is 1. The maximum Gasteiger partial charge on any atom is 0.273 e. The summed E-state index contributed by atoms with van der Waals surface area (Å²) in [6.45, 7) is 2.16. The van der Waals surface area contributed by atoms with Crippen LogP contribution in [0, 0.1) is 0 Å². The van der Waals surface area contributed by atoms with Gasteiger partial charge in [-0.3, -0.25) is 4.79 Å². The number of halogens is 1. The van der Waals surface area contributed by atoms with Gasteiger partial charge < -0.3 is 23.9 Å². The van der Waals surface area contributed by atoms with Crippen LogP contribution in [0.5, 0.6) is 17.2 Å². The smallest absolute Gasteiger partial charge is 0.273 e. The molecule has 2 aromatic carbocycles. The summed E-state index contributed by atoms with van der Waals surface area (Å²) < 4.78 is 21.5. The van der Waals surface area contributed by atoms with Crippen LogP contribution in [0.2, 0.25) is 5.02 Å². The second-order valence-corrected chi connectivity index (χ2v) is 6.61. The molecule has 1 amide bonds. The third-order valence-electron chi connectivity index (χ3n) is 4.21. The Morgan fingerprint density at radius 1 is 1.21 bits per heavy atom. The molecule has 28 heavy (non-hydrogen) atoms. The molecule has 1 aromatic heterocycles. The number of nitrogens with zero attached hydrogens (tertiary/aromatic N) is 1. The van der Waals surface area contributed by atoms with Gasteiger partial charge in [-0.25, -0.2) is 4.98 Å². The SMILES string of the molecule is C[C@@H](NC(=O)c1coc(COc2ccc3c(c2)OCO3)n1)c1ccc(Cl)cc1. The summed E-state index contributed by atoms with van der Waals surface area (Å²) in [6, 6.07) is 12.3. The van der Waals surface area contributed by atoms with Gasteiger partial charge in [0.25, 0.3) is 5.91 Å². The number of benzene rings is 2. The van der Waals surface area contributed by atoms with Gasteiger partial charge in [0, 0.05) is 11.1 Å². The number of oxazole rings is 1. The first-order chi connectivity index (χ1) is 13.6. The topological polar surface area (TPSA) is 82.8 Å². The Labute approximate surface area is 166 Å². The van der Waals surface area contributed by atoms with Crippen LogP contribution in [0.3, 0.4) is 0 Å². The fourth-order valence-electron chi connectivity index (χ4n) is 2.70. The summed E-state index contributed by atoms with van der Waals surface area (Å²) in [5, 5.41) is 3.52. The summed E-state index contributed by atoms with van der Waals surface area (Å²) in [5.41, 5.74) is 1.12. The van der Waals surface area contributed by atoms with E-state index in [9.17, 15) is 4.79 Å². The Hall–Kier alpha value is -3.19. The standard InChI is InChI=1S/C20H17ClN2O5/c1-12(13-2-4-14(21)5-3-13)22-20(24)16-9-26-19(23-16)10-25-15-6-7-17-18(8-15)28-11-27-17/h2-9,12H,10-11H2,1H3,(H,22,24)/t12-/m1/s1. The molecule has 4 rings (SSSR count). The molecule has 2 heterocycles. The molecule has 144 valence electrons. The van der Waals surface area contributed by atoms with Gasteiger partial charge in [0.05, 0.1) is 6.04 Å². The average Bonchev–Trinajstić information content (AvgIpc) is 3.35. The van der Waals surface area contributed by atoms with Crippen molar-refractivity contribution in [2.24, 2.45) is 0 Å². The van der Waals surface area contributed by atoms with Crippen LogP contribution in [-0.4, -0.2) is 17.7 Å². The number of hydrogen-bond acceptors (Lipinski definition) is 6. The first kappa shape index (κ1) is 18.2. The first-order valence-corrected chi connectivity index (χ1v) is 8.99. The van der Waals surface area contributed by atoms with Crippen LogP contribution in [0.4, 0.5) is 0 Å². The second-order valence-electron chi connectivity index (χ2n) is 6.18. The van der Waals surface area contributed by atoms with Crippen LogP contribution in [0.15, 0.2) is 53.1 Å². The van der Waals surface area contributed by atoms with Crippen molar-refractivity contribution < 1.29 is 23.4 Å². The third kappa shape index (κ3) is 4.04. The molecule has 7 nitrogen and oxygen atoms in total. The number of rotatable bonds is 6. The van der Waals surface area contributed by atoms with E-state index in [1.54, 1.807) is 30.3 Å². The molecule has 0 saturated carbocycles. The highest BCUT2D eigenvalue weighted by atomic mass is 35.5. The van der Waals surface area contributed by atoms with Crippen molar-refractivity contribution in [3.63, 3.8) is 0 Å². The summed E-state index contributed by atoms with van der Waals surface area (Å²) in [6.07, 6.45) is 1.31. The molecule has 1 aliphatic rings. The lowest BCUT2D eigenvalue weighted by atomic mass is 10.1. The third-order valence-corrected chi connectivity index (χ3v) is 4.46. The highest BCUT2D eigenvalue weighted by molar-refractivity contribution is 6.30. The Bertz CT molecular complexity index is 987. The Balaban J connectivity index is 1.34. The number of aromatic nitrogens is 1. The van der Waals surface area contributed by atoms with Crippen molar-refractivity contribution in [2.75, 3.05) is 6.79 Å². The lowest BCUT2D eigenvalue weighted by molar-refractivity contribution is 0.0934. The van der Waals surface area contributed by atoms with Gasteiger partial charge in [0.15, 0.2) is 23.8 Å². The van der Waals surface area contributed by atoms with E-state index in [1.165, 1.54) is 6.26 Å². The van der Waals surface area contributed by atoms with E-state index in [2.05, 4.69) is 10.3 Å². The van der Waals surface area contributed by atoms with Crippen LogP contribution in [-0.2, 0) is 6.61 Å². The molecule has 0 spiro atoms. The number of carbonyl (C=O) groups is 1. The molecular weight excluding hydrogens is 384 g/mol. The summed E-state index contributed by atoms with van der Waals surface area (Å²) in [7, 11) is 0. The number of hydrogen-bond donors (Lipinski definition) is 1. The van der Waals surface area contributed by atoms with E-state index in [0.29, 0.717) is 28.2 Å².